The van der Waals surface area contributed by atoms with Crippen LogP contribution < -0.4 is 5.32 Å². The van der Waals surface area contributed by atoms with Gasteiger partial charge in [-0.05, 0) is 29.7 Å². The smallest absolute Gasteiger partial charge is 0.253 e. The SMILES string of the molecule is O=C(c1ccc(-c2ccccc2)cc1)N1CCC(N2CCNCC2)C1. The predicted octanol–water partition coefficient (Wildman–Crippen LogP) is 2.47. The van der Waals surface area contributed by atoms with Gasteiger partial charge in [-0.25, -0.2) is 0 Å². The van der Waals surface area contributed by atoms with E-state index in [0.717, 1.165) is 56.8 Å². The van der Waals surface area contributed by atoms with Crippen molar-refractivity contribution in [2.45, 2.75) is 12.5 Å². The maximum Gasteiger partial charge on any atom is 0.253 e. The molecular weight excluding hydrogens is 310 g/mol. The van der Waals surface area contributed by atoms with E-state index in [9.17, 15) is 4.79 Å². The molecule has 0 aromatic heterocycles. The first-order valence-corrected chi connectivity index (χ1v) is 9.21. The maximum absolute atomic E-state index is 12.8. The van der Waals surface area contributed by atoms with E-state index in [1.54, 1.807) is 0 Å². The molecule has 4 heteroatoms. The molecule has 0 saturated carbocycles. The van der Waals surface area contributed by atoms with Crippen molar-refractivity contribution in [3.05, 3.63) is 60.2 Å². The van der Waals surface area contributed by atoms with Crippen LogP contribution in [0.5, 0.6) is 0 Å². The quantitative estimate of drug-likeness (QED) is 0.936. The first-order valence-electron chi connectivity index (χ1n) is 9.21. The lowest BCUT2D eigenvalue weighted by Gasteiger charge is -2.32. The normalized spacial score (nSPS) is 21.4. The molecule has 1 amide bonds. The van der Waals surface area contributed by atoms with Crippen LogP contribution in [0.2, 0.25) is 0 Å². The van der Waals surface area contributed by atoms with Gasteiger partial charge in [-0.2, -0.15) is 0 Å². The van der Waals surface area contributed by atoms with Crippen LogP contribution in [0.1, 0.15) is 16.8 Å². The summed E-state index contributed by atoms with van der Waals surface area (Å²) in [6.45, 7) is 6.04. The first kappa shape index (κ1) is 16.3. The fourth-order valence-electron chi connectivity index (χ4n) is 3.89. The van der Waals surface area contributed by atoms with Crippen LogP contribution in [0.4, 0.5) is 0 Å². The zero-order chi connectivity index (χ0) is 17.1. The van der Waals surface area contributed by atoms with Gasteiger partial charge in [-0.3, -0.25) is 9.69 Å². The third-order valence-electron chi connectivity index (χ3n) is 5.36. The number of amides is 1. The zero-order valence-electron chi connectivity index (χ0n) is 14.5. The van der Waals surface area contributed by atoms with Crippen molar-refractivity contribution in [1.82, 2.24) is 15.1 Å². The summed E-state index contributed by atoms with van der Waals surface area (Å²) in [6.07, 6.45) is 1.09. The summed E-state index contributed by atoms with van der Waals surface area (Å²) in [6, 6.07) is 18.8. The summed E-state index contributed by atoms with van der Waals surface area (Å²) in [5, 5.41) is 3.39. The summed E-state index contributed by atoms with van der Waals surface area (Å²) in [5.74, 6) is 0.164. The molecule has 4 rings (SSSR count). The number of likely N-dealkylation sites (tertiary alicyclic amines) is 1. The predicted molar refractivity (Wildman–Crippen MR) is 101 cm³/mol. The highest BCUT2D eigenvalue weighted by Crippen LogP contribution is 2.22. The van der Waals surface area contributed by atoms with Gasteiger partial charge in [0, 0.05) is 50.9 Å². The van der Waals surface area contributed by atoms with E-state index >= 15 is 0 Å². The third-order valence-corrected chi connectivity index (χ3v) is 5.36. The van der Waals surface area contributed by atoms with Gasteiger partial charge in [-0.15, -0.1) is 0 Å². The minimum Gasteiger partial charge on any atom is -0.337 e. The van der Waals surface area contributed by atoms with E-state index in [-0.39, 0.29) is 5.91 Å². The van der Waals surface area contributed by atoms with E-state index in [2.05, 4.69) is 22.3 Å². The Balaban J connectivity index is 1.41. The summed E-state index contributed by atoms with van der Waals surface area (Å²) in [7, 11) is 0. The molecule has 1 unspecified atom stereocenters. The zero-order valence-corrected chi connectivity index (χ0v) is 14.5. The van der Waals surface area contributed by atoms with E-state index in [1.807, 2.05) is 47.4 Å². The topological polar surface area (TPSA) is 35.6 Å². The molecule has 1 atom stereocenters. The van der Waals surface area contributed by atoms with Crippen LogP contribution in [0.3, 0.4) is 0 Å². The van der Waals surface area contributed by atoms with Crippen LogP contribution in [-0.4, -0.2) is 61.0 Å². The Morgan fingerprint density at radius 1 is 0.880 bits per heavy atom. The molecule has 2 aliphatic heterocycles. The van der Waals surface area contributed by atoms with Crippen molar-refractivity contribution >= 4 is 5.91 Å². The molecular formula is C21H25N3O. The minimum atomic E-state index is 0.164. The number of rotatable bonds is 3. The largest absolute Gasteiger partial charge is 0.337 e. The molecule has 0 aliphatic carbocycles. The van der Waals surface area contributed by atoms with Gasteiger partial charge < -0.3 is 10.2 Å². The van der Waals surface area contributed by atoms with Crippen molar-refractivity contribution in [3.63, 3.8) is 0 Å². The number of carbonyl (C=O) groups excluding carboxylic acids is 1. The summed E-state index contributed by atoms with van der Waals surface area (Å²) >= 11 is 0. The lowest BCUT2D eigenvalue weighted by Crippen LogP contribution is -2.49. The average molecular weight is 335 g/mol. The van der Waals surface area contributed by atoms with Crippen LogP contribution in [0.25, 0.3) is 11.1 Å². The highest BCUT2D eigenvalue weighted by Gasteiger charge is 2.31. The molecule has 1 N–H and O–H groups in total. The van der Waals surface area contributed by atoms with Crippen molar-refractivity contribution in [2.75, 3.05) is 39.3 Å². The molecule has 2 saturated heterocycles. The highest BCUT2D eigenvalue weighted by atomic mass is 16.2. The van der Waals surface area contributed by atoms with Gasteiger partial charge in [0.1, 0.15) is 0 Å². The van der Waals surface area contributed by atoms with E-state index < -0.39 is 0 Å². The average Bonchev–Trinajstić information content (AvgIpc) is 3.19. The standard InChI is InChI=1S/C21H25N3O/c25-21(24-13-10-20(16-24)23-14-11-22-12-15-23)19-8-6-18(7-9-19)17-4-2-1-3-5-17/h1-9,20,22H,10-16H2. The number of carbonyl (C=O) groups is 1. The summed E-state index contributed by atoms with van der Waals surface area (Å²) < 4.78 is 0. The highest BCUT2D eigenvalue weighted by molar-refractivity contribution is 5.95. The number of nitrogens with one attached hydrogen (secondary N) is 1. The summed E-state index contributed by atoms with van der Waals surface area (Å²) in [4.78, 5) is 17.4. The molecule has 4 nitrogen and oxygen atoms in total. The molecule has 0 bridgehead atoms. The Kier molecular flexibility index (Phi) is 4.81. The lowest BCUT2D eigenvalue weighted by molar-refractivity contribution is 0.0773. The Hall–Kier alpha value is -2.17. The molecule has 2 aromatic rings. The molecule has 130 valence electrons. The van der Waals surface area contributed by atoms with Crippen molar-refractivity contribution < 1.29 is 4.79 Å². The van der Waals surface area contributed by atoms with Gasteiger partial charge in [0.25, 0.3) is 5.91 Å². The molecule has 0 radical (unpaired) electrons. The van der Waals surface area contributed by atoms with Gasteiger partial charge in [-0.1, -0.05) is 42.5 Å². The maximum atomic E-state index is 12.8. The van der Waals surface area contributed by atoms with Crippen molar-refractivity contribution in [2.24, 2.45) is 0 Å². The number of hydrogen-bond donors (Lipinski definition) is 1. The van der Waals surface area contributed by atoms with Gasteiger partial charge >= 0.3 is 0 Å². The van der Waals surface area contributed by atoms with Crippen molar-refractivity contribution in [3.8, 4) is 11.1 Å². The van der Waals surface area contributed by atoms with Crippen LogP contribution in [-0.2, 0) is 0 Å². The van der Waals surface area contributed by atoms with Gasteiger partial charge in [0.15, 0.2) is 0 Å². The second-order valence-electron chi connectivity index (χ2n) is 6.92. The Labute approximate surface area is 149 Å². The van der Waals surface area contributed by atoms with E-state index in [4.69, 9.17) is 0 Å². The number of nitrogens with zero attached hydrogens (tertiary/aromatic N) is 2. The Bertz CT molecular complexity index is 708. The first-order chi connectivity index (χ1) is 12.3. The Morgan fingerprint density at radius 3 is 2.28 bits per heavy atom. The Morgan fingerprint density at radius 2 is 1.56 bits per heavy atom. The molecule has 2 fully saturated rings. The van der Waals surface area contributed by atoms with Crippen molar-refractivity contribution in [1.29, 1.82) is 0 Å². The second kappa shape index (κ2) is 7.38. The number of piperazine rings is 1. The number of hydrogen-bond acceptors (Lipinski definition) is 3. The van der Waals surface area contributed by atoms with E-state index in [1.165, 1.54) is 5.56 Å². The van der Waals surface area contributed by atoms with Gasteiger partial charge in [0.2, 0.25) is 0 Å². The fraction of sp³-hybridized carbons (Fsp3) is 0.381. The lowest BCUT2D eigenvalue weighted by atomic mass is 10.0. The molecule has 0 spiro atoms. The van der Waals surface area contributed by atoms with E-state index in [0.29, 0.717) is 6.04 Å². The second-order valence-corrected chi connectivity index (χ2v) is 6.92. The van der Waals surface area contributed by atoms with Crippen LogP contribution in [0, 0.1) is 0 Å². The molecule has 25 heavy (non-hydrogen) atoms. The molecule has 2 heterocycles. The number of benzene rings is 2. The fourth-order valence-corrected chi connectivity index (χ4v) is 3.89. The summed E-state index contributed by atoms with van der Waals surface area (Å²) in [5.41, 5.74) is 3.12. The van der Waals surface area contributed by atoms with Gasteiger partial charge in [0.05, 0.1) is 0 Å². The van der Waals surface area contributed by atoms with Crippen LogP contribution >= 0.6 is 0 Å². The third kappa shape index (κ3) is 3.60. The molecule has 2 aromatic carbocycles. The van der Waals surface area contributed by atoms with Crippen LogP contribution in [0.15, 0.2) is 54.6 Å². The monoisotopic (exact) mass is 335 g/mol. The minimum absolute atomic E-state index is 0.164. The molecule has 2 aliphatic rings.